The Bertz CT molecular complexity index is 498. The second-order valence-corrected chi connectivity index (χ2v) is 5.17. The van der Waals surface area contributed by atoms with Gasteiger partial charge in [0.15, 0.2) is 5.69 Å². The molecule has 3 heterocycles. The van der Waals surface area contributed by atoms with Crippen molar-refractivity contribution in [3.8, 4) is 0 Å². The van der Waals surface area contributed by atoms with Crippen molar-refractivity contribution in [3.63, 3.8) is 0 Å². The molecule has 0 amide bonds. The third-order valence-corrected chi connectivity index (χ3v) is 3.81. The van der Waals surface area contributed by atoms with E-state index in [1.54, 1.807) is 0 Å². The third-order valence-electron chi connectivity index (χ3n) is 3.81. The second-order valence-electron chi connectivity index (χ2n) is 5.17. The Morgan fingerprint density at radius 2 is 1.90 bits per heavy atom. The summed E-state index contributed by atoms with van der Waals surface area (Å²) in [7, 11) is 0. The molecule has 1 fully saturated rings. The number of ether oxygens (including phenoxy) is 1. The summed E-state index contributed by atoms with van der Waals surface area (Å²) in [6.45, 7) is 2.04. The molecule has 1 saturated heterocycles. The van der Waals surface area contributed by atoms with Crippen molar-refractivity contribution >= 4 is 0 Å². The van der Waals surface area contributed by atoms with E-state index in [9.17, 15) is 13.2 Å². The molecule has 1 aromatic rings. The summed E-state index contributed by atoms with van der Waals surface area (Å²) >= 11 is 0. The van der Waals surface area contributed by atoms with E-state index in [0.717, 1.165) is 0 Å². The van der Waals surface area contributed by atoms with Gasteiger partial charge in [-0.05, 0) is 25.8 Å². The summed E-state index contributed by atoms with van der Waals surface area (Å²) in [5.41, 5.74) is 0.0117. The number of nitrogens with one attached hydrogen (secondary N) is 1. The zero-order valence-corrected chi connectivity index (χ0v) is 11.0. The molecule has 1 N–H and O–H groups in total. The van der Waals surface area contributed by atoms with Crippen LogP contribution in [0.15, 0.2) is 0 Å². The first-order chi connectivity index (χ1) is 9.55. The largest absolute Gasteiger partial charge is 0.433 e. The maximum Gasteiger partial charge on any atom is 0.433 e. The van der Waals surface area contributed by atoms with E-state index in [2.05, 4.69) is 15.3 Å². The van der Waals surface area contributed by atoms with Crippen LogP contribution in [-0.4, -0.2) is 29.7 Å². The molecule has 0 atom stereocenters. The lowest BCUT2D eigenvalue weighted by atomic mass is 9.97. The molecule has 3 rings (SSSR count). The van der Waals surface area contributed by atoms with Crippen molar-refractivity contribution < 1.29 is 17.9 Å². The molecule has 0 saturated carbocycles. The van der Waals surface area contributed by atoms with Gasteiger partial charge in [-0.1, -0.05) is 0 Å². The van der Waals surface area contributed by atoms with E-state index < -0.39 is 11.9 Å². The van der Waals surface area contributed by atoms with Crippen molar-refractivity contribution in [1.82, 2.24) is 15.3 Å². The molecular formula is C13H16F3N3O. The van der Waals surface area contributed by atoms with Gasteiger partial charge in [0, 0.05) is 31.2 Å². The molecule has 0 aliphatic carbocycles. The van der Waals surface area contributed by atoms with E-state index in [1.165, 1.54) is 0 Å². The van der Waals surface area contributed by atoms with Gasteiger partial charge in [-0.25, -0.2) is 9.97 Å². The van der Waals surface area contributed by atoms with Gasteiger partial charge in [0.25, 0.3) is 0 Å². The fourth-order valence-electron chi connectivity index (χ4n) is 2.75. The predicted octanol–water partition coefficient (Wildman–Crippen LogP) is 2.04. The van der Waals surface area contributed by atoms with Crippen LogP contribution in [0.5, 0.6) is 0 Å². The van der Waals surface area contributed by atoms with Gasteiger partial charge in [-0.15, -0.1) is 0 Å². The summed E-state index contributed by atoms with van der Waals surface area (Å²) in [6.07, 6.45) is -2.71. The van der Waals surface area contributed by atoms with Crippen molar-refractivity contribution in [3.05, 3.63) is 22.8 Å². The Hall–Kier alpha value is -1.21. The molecule has 4 nitrogen and oxygen atoms in total. The SMILES string of the molecule is FC(F)(F)c1nc(C2CCOCC2)nc2c1CCNC2. The van der Waals surface area contributed by atoms with Crippen LogP contribution < -0.4 is 5.32 Å². The number of nitrogens with zero attached hydrogens (tertiary/aromatic N) is 2. The summed E-state index contributed by atoms with van der Waals surface area (Å²) in [6, 6.07) is 0. The van der Waals surface area contributed by atoms with Crippen LogP contribution in [-0.2, 0) is 23.9 Å². The van der Waals surface area contributed by atoms with Gasteiger partial charge in [0.1, 0.15) is 5.82 Å². The lowest BCUT2D eigenvalue weighted by Crippen LogP contribution is -2.30. The molecule has 0 spiro atoms. The molecule has 2 aliphatic rings. The number of hydrogen-bond donors (Lipinski definition) is 1. The van der Waals surface area contributed by atoms with E-state index in [4.69, 9.17) is 4.74 Å². The van der Waals surface area contributed by atoms with Gasteiger partial charge in [0.05, 0.1) is 5.69 Å². The fraction of sp³-hybridized carbons (Fsp3) is 0.692. The number of alkyl halides is 3. The predicted molar refractivity (Wildman–Crippen MR) is 65.2 cm³/mol. The van der Waals surface area contributed by atoms with Gasteiger partial charge in [-0.2, -0.15) is 13.2 Å². The van der Waals surface area contributed by atoms with Crippen LogP contribution in [0, 0.1) is 0 Å². The Balaban J connectivity index is 2.03. The molecule has 0 radical (unpaired) electrons. The summed E-state index contributed by atoms with van der Waals surface area (Å²) in [5.74, 6) is 0.292. The van der Waals surface area contributed by atoms with Crippen molar-refractivity contribution in [1.29, 1.82) is 0 Å². The third kappa shape index (κ3) is 2.64. The molecule has 0 aromatic carbocycles. The summed E-state index contributed by atoms with van der Waals surface area (Å²) < 4.78 is 44.8. The van der Waals surface area contributed by atoms with Gasteiger partial charge < -0.3 is 10.1 Å². The van der Waals surface area contributed by atoms with E-state index >= 15 is 0 Å². The Kier molecular flexibility index (Phi) is 3.64. The summed E-state index contributed by atoms with van der Waals surface area (Å²) in [4.78, 5) is 8.24. The zero-order valence-electron chi connectivity index (χ0n) is 11.0. The quantitative estimate of drug-likeness (QED) is 0.858. The minimum atomic E-state index is -4.41. The van der Waals surface area contributed by atoms with Crippen molar-refractivity contribution in [2.75, 3.05) is 19.8 Å². The zero-order chi connectivity index (χ0) is 14.2. The highest BCUT2D eigenvalue weighted by Crippen LogP contribution is 2.34. The van der Waals surface area contributed by atoms with Crippen LogP contribution in [0.1, 0.15) is 41.5 Å². The van der Waals surface area contributed by atoms with Crippen molar-refractivity contribution in [2.24, 2.45) is 0 Å². The number of hydrogen-bond acceptors (Lipinski definition) is 4. The molecule has 0 unspecified atom stereocenters. The van der Waals surface area contributed by atoms with Crippen LogP contribution in [0.4, 0.5) is 13.2 Å². The van der Waals surface area contributed by atoms with Crippen LogP contribution in [0.25, 0.3) is 0 Å². The first-order valence-corrected chi connectivity index (χ1v) is 6.81. The molecular weight excluding hydrogens is 271 g/mol. The highest BCUT2D eigenvalue weighted by molar-refractivity contribution is 5.31. The maximum absolute atomic E-state index is 13.2. The van der Waals surface area contributed by atoms with E-state index in [0.29, 0.717) is 57.1 Å². The van der Waals surface area contributed by atoms with Gasteiger partial charge in [0.2, 0.25) is 0 Å². The molecule has 0 bridgehead atoms. The Morgan fingerprint density at radius 1 is 1.15 bits per heavy atom. The average molecular weight is 287 g/mol. The Morgan fingerprint density at radius 3 is 2.60 bits per heavy atom. The average Bonchev–Trinajstić information content (AvgIpc) is 2.46. The number of aromatic nitrogens is 2. The second kappa shape index (κ2) is 5.29. The molecule has 20 heavy (non-hydrogen) atoms. The Labute approximate surface area is 114 Å². The molecule has 1 aromatic heterocycles. The number of fused-ring (bicyclic) bond motifs is 1. The minimum absolute atomic E-state index is 0.0305. The maximum atomic E-state index is 13.2. The lowest BCUT2D eigenvalue weighted by molar-refractivity contribution is -0.142. The molecule has 2 aliphatic heterocycles. The standard InChI is InChI=1S/C13H16F3N3O/c14-13(15,16)11-9-1-4-17-7-10(9)18-12(19-11)8-2-5-20-6-3-8/h8,17H,1-7H2. The first-order valence-electron chi connectivity index (χ1n) is 6.81. The van der Waals surface area contributed by atoms with Crippen molar-refractivity contribution in [2.45, 2.75) is 37.9 Å². The number of rotatable bonds is 1. The monoisotopic (exact) mass is 287 g/mol. The van der Waals surface area contributed by atoms with E-state index in [-0.39, 0.29) is 11.5 Å². The normalized spacial score (nSPS) is 20.8. The first kappa shape index (κ1) is 13.8. The number of halogens is 3. The van der Waals surface area contributed by atoms with E-state index in [1.807, 2.05) is 0 Å². The van der Waals surface area contributed by atoms with Crippen LogP contribution in [0.3, 0.4) is 0 Å². The van der Waals surface area contributed by atoms with Gasteiger partial charge in [-0.3, -0.25) is 0 Å². The highest BCUT2D eigenvalue weighted by Gasteiger charge is 2.38. The highest BCUT2D eigenvalue weighted by atomic mass is 19.4. The smallest absolute Gasteiger partial charge is 0.381 e. The topological polar surface area (TPSA) is 47.0 Å². The molecule has 7 heteroatoms. The van der Waals surface area contributed by atoms with Gasteiger partial charge >= 0.3 is 6.18 Å². The molecule has 110 valence electrons. The van der Waals surface area contributed by atoms with Crippen LogP contribution in [0.2, 0.25) is 0 Å². The minimum Gasteiger partial charge on any atom is -0.381 e. The lowest BCUT2D eigenvalue weighted by Gasteiger charge is -2.25. The summed E-state index contributed by atoms with van der Waals surface area (Å²) in [5, 5.41) is 3.07. The van der Waals surface area contributed by atoms with Crippen LogP contribution >= 0.6 is 0 Å². The fourth-order valence-corrected chi connectivity index (χ4v) is 2.75.